The highest BCUT2D eigenvalue weighted by atomic mass is 16.5. The Balaban J connectivity index is 1.35. The van der Waals surface area contributed by atoms with E-state index in [9.17, 15) is 4.79 Å². The Morgan fingerprint density at radius 1 is 1.22 bits per heavy atom. The Morgan fingerprint density at radius 2 is 2.00 bits per heavy atom. The summed E-state index contributed by atoms with van der Waals surface area (Å²) in [6.07, 6.45) is 3.58. The van der Waals surface area contributed by atoms with Gasteiger partial charge in [0.25, 0.3) is 0 Å². The molecule has 2 bridgehead atoms. The highest BCUT2D eigenvalue weighted by Gasteiger charge is 2.35. The molecule has 2 heterocycles. The molecule has 1 N–H and O–H groups in total. The summed E-state index contributed by atoms with van der Waals surface area (Å²) in [6.45, 7) is 3.41. The number of ether oxygens (including phenoxy) is 1. The van der Waals surface area contributed by atoms with Crippen LogP contribution in [0.2, 0.25) is 0 Å². The van der Waals surface area contributed by atoms with Crippen LogP contribution in [0.15, 0.2) is 30.3 Å². The third kappa shape index (κ3) is 4.24. The van der Waals surface area contributed by atoms with Crippen LogP contribution < -0.4 is 5.32 Å². The van der Waals surface area contributed by atoms with Crippen molar-refractivity contribution in [2.75, 3.05) is 33.3 Å². The molecule has 5 heteroatoms. The van der Waals surface area contributed by atoms with Gasteiger partial charge in [0.15, 0.2) is 0 Å². The SMILES string of the molecule is CN1[C@H]2CC[C@H]1CN(C(=O)NCCOCc1ccccc1)CC2. The molecule has 0 radical (unpaired) electrons. The zero-order valence-corrected chi connectivity index (χ0v) is 13.9. The average molecular weight is 317 g/mol. The number of likely N-dealkylation sites (N-methyl/N-ethyl adjacent to an activating group) is 1. The van der Waals surface area contributed by atoms with Crippen molar-refractivity contribution in [3.05, 3.63) is 35.9 Å². The van der Waals surface area contributed by atoms with Gasteiger partial charge in [-0.1, -0.05) is 30.3 Å². The van der Waals surface area contributed by atoms with E-state index in [1.165, 1.54) is 12.8 Å². The van der Waals surface area contributed by atoms with Crippen LogP contribution in [0.3, 0.4) is 0 Å². The Morgan fingerprint density at radius 3 is 2.83 bits per heavy atom. The van der Waals surface area contributed by atoms with Gasteiger partial charge in [-0.3, -0.25) is 4.90 Å². The van der Waals surface area contributed by atoms with Gasteiger partial charge in [-0.25, -0.2) is 4.79 Å². The van der Waals surface area contributed by atoms with Crippen molar-refractivity contribution in [2.24, 2.45) is 0 Å². The van der Waals surface area contributed by atoms with Crippen LogP contribution in [0, 0.1) is 0 Å². The van der Waals surface area contributed by atoms with Crippen LogP contribution in [-0.2, 0) is 11.3 Å². The second kappa shape index (κ2) is 7.79. The van der Waals surface area contributed by atoms with Gasteiger partial charge < -0.3 is 15.0 Å². The fourth-order valence-electron chi connectivity index (χ4n) is 3.60. The molecule has 0 aliphatic carbocycles. The van der Waals surface area contributed by atoms with E-state index >= 15 is 0 Å². The molecule has 1 aromatic carbocycles. The number of hydrogen-bond acceptors (Lipinski definition) is 3. The fraction of sp³-hybridized carbons (Fsp3) is 0.611. The first-order valence-corrected chi connectivity index (χ1v) is 8.60. The number of carbonyl (C=O) groups excluding carboxylic acids is 1. The third-order valence-corrected chi connectivity index (χ3v) is 5.07. The smallest absolute Gasteiger partial charge is 0.317 e. The van der Waals surface area contributed by atoms with E-state index in [0.29, 0.717) is 31.8 Å². The van der Waals surface area contributed by atoms with Gasteiger partial charge in [0.05, 0.1) is 13.2 Å². The number of fused-ring (bicyclic) bond motifs is 2. The van der Waals surface area contributed by atoms with Crippen molar-refractivity contribution in [3.63, 3.8) is 0 Å². The molecule has 2 fully saturated rings. The van der Waals surface area contributed by atoms with Crippen molar-refractivity contribution in [1.82, 2.24) is 15.1 Å². The number of benzene rings is 1. The van der Waals surface area contributed by atoms with Crippen LogP contribution in [0.5, 0.6) is 0 Å². The fourth-order valence-corrected chi connectivity index (χ4v) is 3.60. The molecule has 126 valence electrons. The molecule has 0 saturated carbocycles. The second-order valence-corrected chi connectivity index (χ2v) is 6.56. The summed E-state index contributed by atoms with van der Waals surface area (Å²) in [7, 11) is 2.20. The highest BCUT2D eigenvalue weighted by Crippen LogP contribution is 2.28. The number of nitrogens with zero attached hydrogens (tertiary/aromatic N) is 2. The predicted molar refractivity (Wildman–Crippen MR) is 90.3 cm³/mol. The Kier molecular flexibility index (Phi) is 5.51. The molecule has 0 aromatic heterocycles. The normalized spacial score (nSPS) is 24.5. The molecule has 2 atom stereocenters. The molecule has 2 aliphatic rings. The van der Waals surface area contributed by atoms with E-state index in [1.807, 2.05) is 35.2 Å². The minimum absolute atomic E-state index is 0.0502. The first-order valence-electron chi connectivity index (χ1n) is 8.60. The number of nitrogens with one attached hydrogen (secondary N) is 1. The maximum Gasteiger partial charge on any atom is 0.317 e. The standard InChI is InChI=1S/C18H27N3O2/c1-20-16-7-8-17(20)13-21(11-9-16)18(22)19-10-12-23-14-15-5-3-2-4-6-15/h2-6,16-17H,7-14H2,1H3,(H,19,22)/t16-,17-/m0/s1. The summed E-state index contributed by atoms with van der Waals surface area (Å²) in [5, 5.41) is 2.98. The van der Waals surface area contributed by atoms with E-state index in [2.05, 4.69) is 17.3 Å². The van der Waals surface area contributed by atoms with E-state index in [4.69, 9.17) is 4.74 Å². The molecule has 3 rings (SSSR count). The van der Waals surface area contributed by atoms with Gasteiger partial charge >= 0.3 is 6.03 Å². The van der Waals surface area contributed by atoms with Gasteiger partial charge in [0, 0.05) is 31.7 Å². The van der Waals surface area contributed by atoms with Crippen molar-refractivity contribution >= 4 is 6.03 Å². The molecule has 2 amide bonds. The highest BCUT2D eigenvalue weighted by molar-refractivity contribution is 5.74. The summed E-state index contributed by atoms with van der Waals surface area (Å²) < 4.78 is 5.61. The number of rotatable bonds is 5. The lowest BCUT2D eigenvalue weighted by Crippen LogP contribution is -2.45. The molecular formula is C18H27N3O2. The molecular weight excluding hydrogens is 290 g/mol. The van der Waals surface area contributed by atoms with E-state index < -0.39 is 0 Å². The zero-order chi connectivity index (χ0) is 16.1. The summed E-state index contributed by atoms with van der Waals surface area (Å²) in [5.41, 5.74) is 1.16. The lowest BCUT2D eigenvalue weighted by molar-refractivity contribution is 0.121. The largest absolute Gasteiger partial charge is 0.375 e. The minimum atomic E-state index is 0.0502. The predicted octanol–water partition coefficient (Wildman–Crippen LogP) is 2.08. The Labute approximate surface area is 138 Å². The lowest BCUT2D eigenvalue weighted by Gasteiger charge is -2.26. The van der Waals surface area contributed by atoms with Gasteiger partial charge in [0.1, 0.15) is 0 Å². The molecule has 1 aromatic rings. The van der Waals surface area contributed by atoms with E-state index in [1.54, 1.807) is 0 Å². The van der Waals surface area contributed by atoms with Crippen molar-refractivity contribution in [1.29, 1.82) is 0 Å². The molecule has 0 spiro atoms. The topological polar surface area (TPSA) is 44.8 Å². The van der Waals surface area contributed by atoms with Gasteiger partial charge in [-0.2, -0.15) is 0 Å². The van der Waals surface area contributed by atoms with Gasteiger partial charge in [-0.05, 0) is 31.9 Å². The number of carbonyl (C=O) groups is 1. The number of amides is 2. The summed E-state index contributed by atoms with van der Waals surface area (Å²) >= 11 is 0. The van der Waals surface area contributed by atoms with Gasteiger partial charge in [-0.15, -0.1) is 0 Å². The average Bonchev–Trinajstić information content (AvgIpc) is 2.80. The van der Waals surface area contributed by atoms with Crippen LogP contribution in [0.25, 0.3) is 0 Å². The van der Waals surface area contributed by atoms with Crippen LogP contribution in [-0.4, -0.2) is 61.2 Å². The number of likely N-dealkylation sites (tertiary alicyclic amines) is 1. The molecule has 2 aliphatic heterocycles. The minimum Gasteiger partial charge on any atom is -0.375 e. The third-order valence-electron chi connectivity index (χ3n) is 5.07. The number of hydrogen-bond donors (Lipinski definition) is 1. The molecule has 5 nitrogen and oxygen atoms in total. The summed E-state index contributed by atoms with van der Waals surface area (Å²) in [5.74, 6) is 0. The maximum absolute atomic E-state index is 12.3. The van der Waals surface area contributed by atoms with Crippen molar-refractivity contribution in [2.45, 2.75) is 38.0 Å². The molecule has 23 heavy (non-hydrogen) atoms. The number of urea groups is 1. The first-order chi connectivity index (χ1) is 11.2. The van der Waals surface area contributed by atoms with Crippen LogP contribution in [0.1, 0.15) is 24.8 Å². The zero-order valence-electron chi connectivity index (χ0n) is 13.9. The molecule has 2 saturated heterocycles. The molecule has 0 unspecified atom stereocenters. The van der Waals surface area contributed by atoms with Crippen LogP contribution in [0.4, 0.5) is 4.79 Å². The Hall–Kier alpha value is -1.59. The van der Waals surface area contributed by atoms with Crippen molar-refractivity contribution < 1.29 is 9.53 Å². The second-order valence-electron chi connectivity index (χ2n) is 6.56. The van der Waals surface area contributed by atoms with Crippen LogP contribution >= 0.6 is 0 Å². The summed E-state index contributed by atoms with van der Waals surface area (Å²) in [4.78, 5) is 16.7. The van der Waals surface area contributed by atoms with Gasteiger partial charge in [0.2, 0.25) is 0 Å². The summed E-state index contributed by atoms with van der Waals surface area (Å²) in [6, 6.07) is 11.3. The quantitative estimate of drug-likeness (QED) is 0.846. The first kappa shape index (κ1) is 16.3. The lowest BCUT2D eigenvalue weighted by atomic mass is 10.1. The van der Waals surface area contributed by atoms with E-state index in [-0.39, 0.29) is 6.03 Å². The maximum atomic E-state index is 12.3. The van der Waals surface area contributed by atoms with E-state index in [0.717, 1.165) is 25.1 Å². The Bertz CT molecular complexity index is 508. The van der Waals surface area contributed by atoms with Crippen molar-refractivity contribution in [3.8, 4) is 0 Å². The monoisotopic (exact) mass is 317 g/mol.